The number of amides is 1. The Morgan fingerprint density at radius 2 is 1.64 bits per heavy atom. The first-order valence-electron chi connectivity index (χ1n) is 11.4. The molecule has 5 rings (SSSR count). The van der Waals surface area contributed by atoms with Gasteiger partial charge in [-0.3, -0.25) is 4.79 Å². The highest BCUT2D eigenvalue weighted by molar-refractivity contribution is 5.98. The fraction of sp³-hybridized carbons (Fsp3) is 0.286. The predicted octanol–water partition coefficient (Wildman–Crippen LogP) is 5.43. The summed E-state index contributed by atoms with van der Waals surface area (Å²) in [6, 6.07) is 20.8. The van der Waals surface area contributed by atoms with Gasteiger partial charge in [-0.2, -0.15) is 5.26 Å². The van der Waals surface area contributed by atoms with Crippen molar-refractivity contribution in [3.05, 3.63) is 83.2 Å². The first kappa shape index (κ1) is 21.4. The number of hydrogen-bond acceptors (Lipinski definition) is 3. The van der Waals surface area contributed by atoms with Gasteiger partial charge in [0.1, 0.15) is 11.9 Å². The van der Waals surface area contributed by atoms with Gasteiger partial charge >= 0.3 is 0 Å². The lowest BCUT2D eigenvalue weighted by molar-refractivity contribution is 0.0575. The Hall–Kier alpha value is -3.49. The molecular weight excluding hydrogens is 413 g/mol. The maximum atomic E-state index is 14.5. The maximum absolute atomic E-state index is 14.5. The van der Waals surface area contributed by atoms with Crippen molar-refractivity contribution in [3.8, 4) is 28.3 Å². The highest BCUT2D eigenvalue weighted by Gasteiger charge is 2.42. The number of nitrogens with zero attached hydrogens (tertiary/aromatic N) is 2. The van der Waals surface area contributed by atoms with Gasteiger partial charge < -0.3 is 10.6 Å². The van der Waals surface area contributed by atoms with Crippen LogP contribution in [0, 0.1) is 24.1 Å². The zero-order valence-electron chi connectivity index (χ0n) is 18.6. The van der Waals surface area contributed by atoms with Crippen LogP contribution in [-0.2, 0) is 0 Å². The summed E-state index contributed by atoms with van der Waals surface area (Å²) in [7, 11) is 0. The summed E-state index contributed by atoms with van der Waals surface area (Å²) in [5, 5.41) is 9.12. The second kappa shape index (κ2) is 8.46. The largest absolute Gasteiger partial charge is 0.333 e. The summed E-state index contributed by atoms with van der Waals surface area (Å²) in [6.45, 7) is 2.03. The normalized spacial score (nSPS) is 21.6. The lowest BCUT2D eigenvalue weighted by Gasteiger charge is -2.38. The molecule has 3 aromatic carbocycles. The van der Waals surface area contributed by atoms with Gasteiger partial charge in [0.05, 0.1) is 5.56 Å². The van der Waals surface area contributed by atoms with E-state index in [-0.39, 0.29) is 29.6 Å². The molecule has 2 heterocycles. The van der Waals surface area contributed by atoms with Gasteiger partial charge in [0.25, 0.3) is 5.91 Å². The van der Waals surface area contributed by atoms with Gasteiger partial charge in [0.2, 0.25) is 0 Å². The van der Waals surface area contributed by atoms with Crippen LogP contribution in [0.1, 0.15) is 47.2 Å². The van der Waals surface area contributed by atoms with Gasteiger partial charge in [0, 0.05) is 23.7 Å². The van der Waals surface area contributed by atoms with Crippen molar-refractivity contribution in [3.63, 3.8) is 0 Å². The van der Waals surface area contributed by atoms with Crippen LogP contribution in [0.25, 0.3) is 22.3 Å². The standard InChI is InChI=1S/C28H26FN3O/c1-17-2-4-18(5-3-17)25-11-8-20(12-26(25)19-6-7-21(16-30)27(29)13-19)28(33)32-23-9-10-24(32)15-22(31)14-23/h2-8,11-13,22-24H,9-10,14-15,31H2,1H3. The Morgan fingerprint density at radius 1 is 0.970 bits per heavy atom. The number of nitriles is 1. The van der Waals surface area contributed by atoms with Gasteiger partial charge in [-0.1, -0.05) is 42.0 Å². The molecule has 0 saturated carbocycles. The summed E-state index contributed by atoms with van der Waals surface area (Å²) in [4.78, 5) is 15.6. The number of benzene rings is 3. The average Bonchev–Trinajstić information content (AvgIpc) is 3.09. The van der Waals surface area contributed by atoms with E-state index in [4.69, 9.17) is 11.0 Å². The van der Waals surface area contributed by atoms with Gasteiger partial charge in [-0.15, -0.1) is 0 Å². The van der Waals surface area contributed by atoms with E-state index in [1.807, 2.05) is 60.4 Å². The topological polar surface area (TPSA) is 70.1 Å². The van der Waals surface area contributed by atoms with Crippen LogP contribution in [0.5, 0.6) is 0 Å². The number of fused-ring (bicyclic) bond motifs is 2. The molecule has 2 N–H and O–H groups in total. The van der Waals surface area contributed by atoms with E-state index in [1.165, 1.54) is 12.1 Å². The molecule has 0 aliphatic carbocycles. The van der Waals surface area contributed by atoms with Crippen molar-refractivity contribution in [2.75, 3.05) is 0 Å². The van der Waals surface area contributed by atoms with E-state index < -0.39 is 5.82 Å². The second-order valence-electron chi connectivity index (χ2n) is 9.26. The molecule has 1 amide bonds. The Balaban J connectivity index is 1.60. The van der Waals surface area contributed by atoms with E-state index in [2.05, 4.69) is 0 Å². The second-order valence-corrected chi connectivity index (χ2v) is 9.26. The SMILES string of the molecule is Cc1ccc(-c2ccc(C(=O)N3C4CCC3CC(N)C4)cc2-c2ccc(C#N)c(F)c2)cc1. The first-order valence-corrected chi connectivity index (χ1v) is 11.4. The average molecular weight is 440 g/mol. The quantitative estimate of drug-likeness (QED) is 0.591. The zero-order valence-corrected chi connectivity index (χ0v) is 18.6. The minimum atomic E-state index is -0.565. The molecule has 3 aromatic rings. The van der Waals surface area contributed by atoms with Crippen LogP contribution in [0.3, 0.4) is 0 Å². The number of carbonyl (C=O) groups is 1. The van der Waals surface area contributed by atoms with Crippen LogP contribution in [0.15, 0.2) is 60.7 Å². The summed E-state index contributed by atoms with van der Waals surface area (Å²) >= 11 is 0. The zero-order chi connectivity index (χ0) is 23.1. The van der Waals surface area contributed by atoms with Gasteiger partial charge in [-0.25, -0.2) is 4.39 Å². The summed E-state index contributed by atoms with van der Waals surface area (Å²) < 4.78 is 14.5. The molecule has 0 spiro atoms. The smallest absolute Gasteiger partial charge is 0.254 e. The third-order valence-electron chi connectivity index (χ3n) is 7.03. The lowest BCUT2D eigenvalue weighted by atomic mass is 9.91. The summed E-state index contributed by atoms with van der Waals surface area (Å²) in [5.74, 6) is -0.551. The van der Waals surface area contributed by atoms with Crippen molar-refractivity contribution in [1.29, 1.82) is 5.26 Å². The molecule has 0 radical (unpaired) electrons. The van der Waals surface area contributed by atoms with E-state index in [9.17, 15) is 9.18 Å². The monoisotopic (exact) mass is 439 g/mol. The molecule has 166 valence electrons. The Kier molecular flexibility index (Phi) is 5.47. The number of piperidine rings is 1. The van der Waals surface area contributed by atoms with E-state index >= 15 is 0 Å². The van der Waals surface area contributed by atoms with Crippen molar-refractivity contribution in [2.24, 2.45) is 5.73 Å². The molecule has 2 saturated heterocycles. The number of rotatable bonds is 3. The number of aryl methyl sites for hydroxylation is 1. The van der Waals surface area contributed by atoms with Crippen molar-refractivity contribution in [2.45, 2.75) is 50.7 Å². The Labute approximate surface area is 193 Å². The Bertz CT molecular complexity index is 1250. The number of carbonyl (C=O) groups excluding carboxylic acids is 1. The molecule has 2 aliphatic heterocycles. The maximum Gasteiger partial charge on any atom is 0.254 e. The number of hydrogen-bond donors (Lipinski definition) is 1. The molecular formula is C28H26FN3O. The molecule has 2 bridgehead atoms. The van der Waals surface area contributed by atoms with Crippen molar-refractivity contribution in [1.82, 2.24) is 4.90 Å². The predicted molar refractivity (Wildman–Crippen MR) is 127 cm³/mol. The fourth-order valence-electron chi connectivity index (χ4n) is 5.37. The highest BCUT2D eigenvalue weighted by atomic mass is 19.1. The number of nitrogens with two attached hydrogens (primary N) is 1. The van der Waals surface area contributed by atoms with Gasteiger partial charge in [0.15, 0.2) is 0 Å². The van der Waals surface area contributed by atoms with Crippen LogP contribution >= 0.6 is 0 Å². The van der Waals surface area contributed by atoms with Crippen LogP contribution in [0.2, 0.25) is 0 Å². The van der Waals surface area contributed by atoms with Crippen molar-refractivity contribution < 1.29 is 9.18 Å². The number of halogens is 1. The van der Waals surface area contributed by atoms with Crippen LogP contribution < -0.4 is 5.73 Å². The molecule has 2 fully saturated rings. The fourth-order valence-corrected chi connectivity index (χ4v) is 5.37. The molecule has 33 heavy (non-hydrogen) atoms. The molecule has 4 nitrogen and oxygen atoms in total. The third kappa shape index (κ3) is 3.92. The lowest BCUT2D eigenvalue weighted by Crippen LogP contribution is -2.50. The third-order valence-corrected chi connectivity index (χ3v) is 7.03. The van der Waals surface area contributed by atoms with Crippen LogP contribution in [-0.4, -0.2) is 28.9 Å². The van der Waals surface area contributed by atoms with E-state index in [0.717, 1.165) is 47.9 Å². The molecule has 2 aliphatic rings. The molecule has 0 aromatic heterocycles. The van der Waals surface area contributed by atoms with Crippen molar-refractivity contribution >= 4 is 5.91 Å². The van der Waals surface area contributed by atoms with Crippen LogP contribution in [0.4, 0.5) is 4.39 Å². The highest BCUT2D eigenvalue weighted by Crippen LogP contribution is 2.38. The molecule has 5 heteroatoms. The van der Waals surface area contributed by atoms with E-state index in [1.54, 1.807) is 6.07 Å². The minimum Gasteiger partial charge on any atom is -0.333 e. The summed E-state index contributed by atoms with van der Waals surface area (Å²) in [5.41, 5.74) is 11.3. The van der Waals surface area contributed by atoms with E-state index in [0.29, 0.717) is 11.1 Å². The van der Waals surface area contributed by atoms with Gasteiger partial charge in [-0.05, 0) is 79.1 Å². The Morgan fingerprint density at radius 3 is 2.27 bits per heavy atom. The first-order chi connectivity index (χ1) is 15.9. The molecule has 2 unspecified atom stereocenters. The minimum absolute atomic E-state index is 0.00379. The summed E-state index contributed by atoms with van der Waals surface area (Å²) in [6.07, 6.45) is 3.69. The molecule has 2 atom stereocenters.